The Labute approximate surface area is 221 Å². The van der Waals surface area contributed by atoms with Gasteiger partial charge < -0.3 is 9.32 Å². The standard InChI is InChI=1S/C26H31Cl2FN6O/c1-3-21-16-34(25-23(28)12-19(14-30-25)26-32-31-17(2)36-26)10-11-35(21)22-6-8-33(9-7-22)15-18-4-5-20(27)13-24(18)29/h4-5,12-14,21-22H,3,6-11,15-16H2,1-2H3/t21-/m0/s1. The lowest BCUT2D eigenvalue weighted by Gasteiger charge is -2.47. The topological polar surface area (TPSA) is 61.5 Å². The number of piperidine rings is 1. The second kappa shape index (κ2) is 11.0. The average molecular weight is 533 g/mol. The van der Waals surface area contributed by atoms with E-state index < -0.39 is 0 Å². The number of rotatable bonds is 6. The zero-order valence-electron chi connectivity index (χ0n) is 20.6. The second-order valence-corrected chi connectivity index (χ2v) is 10.5. The minimum absolute atomic E-state index is 0.223. The van der Waals surface area contributed by atoms with Gasteiger partial charge in [0, 0.05) is 62.0 Å². The lowest BCUT2D eigenvalue weighted by Crippen LogP contribution is -2.58. The summed E-state index contributed by atoms with van der Waals surface area (Å²) in [5.41, 5.74) is 1.43. The predicted octanol–water partition coefficient (Wildman–Crippen LogP) is 5.45. The molecule has 4 heterocycles. The summed E-state index contributed by atoms with van der Waals surface area (Å²) in [5, 5.41) is 8.97. The Kier molecular flexibility index (Phi) is 7.76. The summed E-state index contributed by atoms with van der Waals surface area (Å²) in [6.07, 6.45) is 4.98. The lowest BCUT2D eigenvalue weighted by atomic mass is 9.97. The first kappa shape index (κ1) is 25.4. The largest absolute Gasteiger partial charge is 0.421 e. The van der Waals surface area contributed by atoms with Crippen molar-refractivity contribution in [3.8, 4) is 11.5 Å². The maximum absolute atomic E-state index is 14.2. The van der Waals surface area contributed by atoms with E-state index in [4.69, 9.17) is 27.6 Å². The molecule has 36 heavy (non-hydrogen) atoms. The van der Waals surface area contributed by atoms with E-state index in [-0.39, 0.29) is 5.82 Å². The number of pyridine rings is 1. The highest BCUT2D eigenvalue weighted by molar-refractivity contribution is 6.33. The van der Waals surface area contributed by atoms with Gasteiger partial charge in [0.25, 0.3) is 0 Å². The molecule has 0 unspecified atom stereocenters. The molecule has 2 aromatic heterocycles. The number of likely N-dealkylation sites (tertiary alicyclic amines) is 1. The van der Waals surface area contributed by atoms with Crippen molar-refractivity contribution >= 4 is 29.0 Å². The fourth-order valence-corrected chi connectivity index (χ4v) is 5.84. The normalized spacial score (nSPS) is 20.2. The first-order valence-corrected chi connectivity index (χ1v) is 13.3. The Hall–Kier alpha value is -2.26. The Balaban J connectivity index is 1.19. The molecular weight excluding hydrogens is 502 g/mol. The van der Waals surface area contributed by atoms with Crippen LogP contribution in [0.15, 0.2) is 34.9 Å². The van der Waals surface area contributed by atoms with E-state index in [9.17, 15) is 4.39 Å². The van der Waals surface area contributed by atoms with Gasteiger partial charge in [0.2, 0.25) is 11.8 Å². The van der Waals surface area contributed by atoms with E-state index in [0.717, 1.165) is 63.4 Å². The minimum atomic E-state index is -0.223. The molecule has 2 aliphatic heterocycles. The molecule has 2 fully saturated rings. The molecule has 0 N–H and O–H groups in total. The summed E-state index contributed by atoms with van der Waals surface area (Å²) in [4.78, 5) is 12.0. The Bertz CT molecular complexity index is 1200. The van der Waals surface area contributed by atoms with Gasteiger partial charge in [0.1, 0.15) is 11.6 Å². The zero-order valence-corrected chi connectivity index (χ0v) is 22.1. The van der Waals surface area contributed by atoms with Gasteiger partial charge in [-0.05, 0) is 50.6 Å². The highest BCUT2D eigenvalue weighted by atomic mass is 35.5. The van der Waals surface area contributed by atoms with E-state index in [2.05, 4.69) is 36.8 Å². The summed E-state index contributed by atoms with van der Waals surface area (Å²) in [6.45, 7) is 9.29. The average Bonchev–Trinajstić information content (AvgIpc) is 3.32. The smallest absolute Gasteiger partial charge is 0.249 e. The zero-order chi connectivity index (χ0) is 25.2. The Morgan fingerprint density at radius 3 is 2.56 bits per heavy atom. The van der Waals surface area contributed by atoms with Crippen LogP contribution in [-0.4, -0.2) is 69.8 Å². The number of piperazine rings is 1. The molecule has 3 aromatic rings. The van der Waals surface area contributed by atoms with Crippen LogP contribution < -0.4 is 4.90 Å². The van der Waals surface area contributed by atoms with Gasteiger partial charge in [0.05, 0.1) is 10.6 Å². The van der Waals surface area contributed by atoms with Crippen LogP contribution in [0.5, 0.6) is 0 Å². The third kappa shape index (κ3) is 5.52. The first-order chi connectivity index (χ1) is 17.4. The maximum atomic E-state index is 14.2. The van der Waals surface area contributed by atoms with Gasteiger partial charge in [-0.15, -0.1) is 10.2 Å². The number of halogens is 3. The molecule has 2 aliphatic rings. The van der Waals surface area contributed by atoms with Crippen LogP contribution in [0.4, 0.5) is 10.2 Å². The number of aromatic nitrogens is 3. The molecule has 5 rings (SSSR count). The number of hydrogen-bond acceptors (Lipinski definition) is 7. The van der Waals surface area contributed by atoms with Crippen LogP contribution in [-0.2, 0) is 6.54 Å². The second-order valence-electron chi connectivity index (χ2n) is 9.64. The fraction of sp³-hybridized carbons (Fsp3) is 0.500. The number of aryl methyl sites for hydroxylation is 1. The molecule has 0 spiro atoms. The summed E-state index contributed by atoms with van der Waals surface area (Å²) >= 11 is 12.6. The lowest BCUT2D eigenvalue weighted by molar-refractivity contribution is 0.0607. The Morgan fingerprint density at radius 2 is 1.89 bits per heavy atom. The van der Waals surface area contributed by atoms with Gasteiger partial charge in [0.15, 0.2) is 0 Å². The summed E-state index contributed by atoms with van der Waals surface area (Å²) in [6, 6.07) is 7.78. The molecule has 10 heteroatoms. The molecule has 1 aromatic carbocycles. The third-order valence-corrected chi connectivity index (χ3v) is 7.84. The van der Waals surface area contributed by atoms with Crippen molar-refractivity contribution in [1.82, 2.24) is 25.0 Å². The van der Waals surface area contributed by atoms with Gasteiger partial charge >= 0.3 is 0 Å². The summed E-state index contributed by atoms with van der Waals surface area (Å²) in [5.74, 6) is 1.51. The van der Waals surface area contributed by atoms with Crippen molar-refractivity contribution in [3.63, 3.8) is 0 Å². The molecule has 2 saturated heterocycles. The van der Waals surface area contributed by atoms with Crippen LogP contribution in [0.1, 0.15) is 37.6 Å². The van der Waals surface area contributed by atoms with Crippen molar-refractivity contribution in [2.45, 2.75) is 51.7 Å². The number of benzene rings is 1. The maximum Gasteiger partial charge on any atom is 0.249 e. The first-order valence-electron chi connectivity index (χ1n) is 12.5. The predicted molar refractivity (Wildman–Crippen MR) is 140 cm³/mol. The highest BCUT2D eigenvalue weighted by Crippen LogP contribution is 2.32. The van der Waals surface area contributed by atoms with Gasteiger partial charge in [-0.2, -0.15) is 0 Å². The van der Waals surface area contributed by atoms with E-state index in [1.807, 2.05) is 6.07 Å². The highest BCUT2D eigenvalue weighted by Gasteiger charge is 2.34. The van der Waals surface area contributed by atoms with Crippen LogP contribution >= 0.6 is 23.2 Å². The van der Waals surface area contributed by atoms with Crippen LogP contribution in [0.25, 0.3) is 11.5 Å². The summed E-state index contributed by atoms with van der Waals surface area (Å²) < 4.78 is 19.7. The molecule has 0 aliphatic carbocycles. The molecule has 192 valence electrons. The van der Waals surface area contributed by atoms with Crippen molar-refractivity contribution < 1.29 is 8.81 Å². The van der Waals surface area contributed by atoms with Crippen LogP contribution in [0, 0.1) is 12.7 Å². The van der Waals surface area contributed by atoms with Gasteiger partial charge in [-0.1, -0.05) is 36.2 Å². The quantitative estimate of drug-likeness (QED) is 0.418. The fourth-order valence-electron chi connectivity index (χ4n) is 5.40. The minimum Gasteiger partial charge on any atom is -0.421 e. The van der Waals surface area contributed by atoms with Crippen LogP contribution in [0.3, 0.4) is 0 Å². The number of nitrogens with zero attached hydrogens (tertiary/aromatic N) is 6. The molecular formula is C26H31Cl2FN6O. The van der Waals surface area contributed by atoms with Crippen molar-refractivity contribution in [2.24, 2.45) is 0 Å². The SMILES string of the molecule is CC[C@H]1CN(c2ncc(-c3nnc(C)o3)cc2Cl)CCN1C1CCN(Cc2ccc(Cl)cc2F)CC1. The van der Waals surface area contributed by atoms with Gasteiger partial charge in [-0.25, -0.2) is 9.37 Å². The molecule has 1 atom stereocenters. The van der Waals surface area contributed by atoms with E-state index in [1.165, 1.54) is 6.07 Å². The third-order valence-electron chi connectivity index (χ3n) is 7.33. The Morgan fingerprint density at radius 1 is 1.08 bits per heavy atom. The van der Waals surface area contributed by atoms with Crippen LogP contribution in [0.2, 0.25) is 10.0 Å². The van der Waals surface area contributed by atoms with Gasteiger partial charge in [-0.3, -0.25) is 9.80 Å². The molecule has 0 radical (unpaired) electrons. The molecule has 7 nitrogen and oxygen atoms in total. The van der Waals surface area contributed by atoms with Crippen molar-refractivity contribution in [3.05, 3.63) is 57.8 Å². The number of anilines is 1. The van der Waals surface area contributed by atoms with Crippen molar-refractivity contribution in [1.29, 1.82) is 0 Å². The number of hydrogen-bond donors (Lipinski definition) is 0. The van der Waals surface area contributed by atoms with Crippen molar-refractivity contribution in [2.75, 3.05) is 37.6 Å². The molecule has 0 bridgehead atoms. The van der Waals surface area contributed by atoms with E-state index in [1.54, 1.807) is 25.3 Å². The molecule has 0 amide bonds. The summed E-state index contributed by atoms with van der Waals surface area (Å²) in [7, 11) is 0. The van der Waals surface area contributed by atoms with E-state index >= 15 is 0 Å². The molecule has 0 saturated carbocycles. The van der Waals surface area contributed by atoms with E-state index in [0.29, 0.717) is 46.0 Å². The monoisotopic (exact) mass is 532 g/mol.